The summed E-state index contributed by atoms with van der Waals surface area (Å²) in [4.78, 5) is 32.3. The topological polar surface area (TPSA) is 83.4 Å². The molecule has 0 amide bonds. The van der Waals surface area contributed by atoms with E-state index in [0.29, 0.717) is 57.7 Å². The van der Waals surface area contributed by atoms with Crippen molar-refractivity contribution in [3.05, 3.63) is 70.3 Å². The quantitative estimate of drug-likeness (QED) is 0.147. The Labute approximate surface area is 302 Å². The zero-order valence-electron chi connectivity index (χ0n) is 30.2. The van der Waals surface area contributed by atoms with Crippen molar-refractivity contribution in [2.75, 3.05) is 6.79 Å². The van der Waals surface area contributed by atoms with Gasteiger partial charge >= 0.3 is 11.9 Å². The summed E-state index contributed by atoms with van der Waals surface area (Å²) in [6.45, 7) is 12.2. The lowest BCUT2D eigenvalue weighted by atomic mass is 9.46. The summed E-state index contributed by atoms with van der Waals surface area (Å²) >= 11 is 6.05. The van der Waals surface area contributed by atoms with Gasteiger partial charge in [-0.05, 0) is 127 Å². The number of carbonyl (C=O) groups is 2. The standard InChI is InChI=1S/C42H52ClNO6/c1-25(2)7-6-8-26(3)32-14-15-33-38-34(18-20-42(32,33)5)41(4)19-17-31(49-39(45)27-9-12-30(43)13-10-27)22-29(41)23-35(38)44-50-40(46)28-11-16-36-37(21-28)48-24-47-36/h9-13,16,21,23,25-26,31-34,38H,6-8,14-15,17-20,22,24H2,1-5H3/b44-35+/t26-,31+,32-,33+,34+,38+,41+,42-/m1/s1. The molecule has 3 fully saturated rings. The van der Waals surface area contributed by atoms with Gasteiger partial charge in [0.15, 0.2) is 11.5 Å². The second kappa shape index (κ2) is 14.0. The van der Waals surface area contributed by atoms with Crippen molar-refractivity contribution in [1.82, 2.24) is 0 Å². The van der Waals surface area contributed by atoms with Gasteiger partial charge in [0.05, 0.1) is 16.8 Å². The van der Waals surface area contributed by atoms with Crippen molar-refractivity contribution in [3.8, 4) is 11.5 Å². The molecule has 8 heteroatoms. The Morgan fingerprint density at radius 2 is 1.66 bits per heavy atom. The number of halogens is 1. The van der Waals surface area contributed by atoms with Gasteiger partial charge in [-0.25, -0.2) is 9.59 Å². The number of ether oxygens (including phenoxy) is 3. The van der Waals surface area contributed by atoms with Crippen molar-refractivity contribution in [2.45, 2.75) is 105 Å². The second-order valence-electron chi connectivity index (χ2n) is 16.6. The minimum Gasteiger partial charge on any atom is -0.458 e. The van der Waals surface area contributed by atoms with E-state index in [0.717, 1.165) is 30.9 Å². The lowest BCUT2D eigenvalue weighted by molar-refractivity contribution is -0.0354. The van der Waals surface area contributed by atoms with E-state index in [-0.39, 0.29) is 35.6 Å². The van der Waals surface area contributed by atoms with E-state index >= 15 is 0 Å². The predicted octanol–water partition coefficient (Wildman–Crippen LogP) is 10.5. The largest absolute Gasteiger partial charge is 0.458 e. The molecule has 7 nitrogen and oxygen atoms in total. The molecular formula is C42H52ClNO6. The molecule has 0 saturated heterocycles. The molecular weight excluding hydrogens is 650 g/mol. The van der Waals surface area contributed by atoms with Crippen molar-refractivity contribution in [1.29, 1.82) is 0 Å². The van der Waals surface area contributed by atoms with E-state index < -0.39 is 5.97 Å². The SMILES string of the molecule is CC(C)CCC[C@@H](C)[C@H]1CC[C@H]2[C@@H]3/C(=N/OC(=O)c4ccc5c(c4)OCO5)C=C4C[C@@H](OC(=O)c5ccc(Cl)cc5)CC[C@]4(C)[C@H]3CC[C@]12C. The number of hydrogen-bond acceptors (Lipinski definition) is 7. The Hall–Kier alpha value is -3.32. The first-order chi connectivity index (χ1) is 24.0. The van der Waals surface area contributed by atoms with Gasteiger partial charge in [0, 0.05) is 17.4 Å². The molecule has 2 aromatic carbocycles. The molecule has 0 radical (unpaired) electrons. The number of nitrogens with zero attached hydrogens (tertiary/aromatic N) is 1. The molecule has 3 saturated carbocycles. The van der Waals surface area contributed by atoms with Crippen LogP contribution in [-0.2, 0) is 9.57 Å². The lowest BCUT2D eigenvalue weighted by Gasteiger charge is -2.58. The van der Waals surface area contributed by atoms with Crippen LogP contribution in [0.15, 0.2) is 59.3 Å². The van der Waals surface area contributed by atoms with E-state index in [9.17, 15) is 9.59 Å². The summed E-state index contributed by atoms with van der Waals surface area (Å²) in [5.74, 6) is 3.46. The van der Waals surface area contributed by atoms with Crippen molar-refractivity contribution >= 4 is 29.3 Å². The molecule has 7 rings (SSSR count). The highest BCUT2D eigenvalue weighted by molar-refractivity contribution is 6.30. The Kier molecular flexibility index (Phi) is 9.83. The van der Waals surface area contributed by atoms with Crippen LogP contribution in [0.4, 0.5) is 0 Å². The van der Waals surface area contributed by atoms with Crippen LogP contribution in [0.2, 0.25) is 5.02 Å². The zero-order valence-corrected chi connectivity index (χ0v) is 31.0. The van der Waals surface area contributed by atoms with Crippen LogP contribution in [0, 0.1) is 46.3 Å². The maximum atomic E-state index is 13.4. The molecule has 1 aliphatic heterocycles. The molecule has 5 aliphatic rings. The Morgan fingerprint density at radius 3 is 2.44 bits per heavy atom. The number of carbonyl (C=O) groups excluding carboxylic acids is 2. The summed E-state index contributed by atoms with van der Waals surface area (Å²) in [6, 6.07) is 11.9. The third-order valence-electron chi connectivity index (χ3n) is 13.3. The molecule has 0 bridgehead atoms. The van der Waals surface area contributed by atoms with Crippen LogP contribution in [0.1, 0.15) is 120 Å². The maximum absolute atomic E-state index is 13.4. The predicted molar refractivity (Wildman–Crippen MR) is 194 cm³/mol. The minimum absolute atomic E-state index is 0.0313. The third-order valence-corrected chi connectivity index (χ3v) is 13.6. The average Bonchev–Trinajstić information content (AvgIpc) is 3.71. The highest BCUT2D eigenvalue weighted by atomic mass is 35.5. The minimum atomic E-state index is -0.515. The monoisotopic (exact) mass is 701 g/mol. The van der Waals surface area contributed by atoms with Crippen LogP contribution in [0.3, 0.4) is 0 Å². The number of esters is 1. The van der Waals surface area contributed by atoms with Gasteiger partial charge in [-0.3, -0.25) is 0 Å². The van der Waals surface area contributed by atoms with E-state index in [1.807, 2.05) is 0 Å². The fourth-order valence-electron chi connectivity index (χ4n) is 10.6. The molecule has 0 aromatic heterocycles. The summed E-state index contributed by atoms with van der Waals surface area (Å²) in [6.07, 6.45) is 13.0. The highest BCUT2D eigenvalue weighted by Crippen LogP contribution is 2.67. The molecule has 0 spiro atoms. The van der Waals surface area contributed by atoms with Gasteiger partial charge in [0.25, 0.3) is 0 Å². The van der Waals surface area contributed by atoms with Crippen LogP contribution in [0.5, 0.6) is 11.5 Å². The molecule has 50 heavy (non-hydrogen) atoms. The number of benzene rings is 2. The Balaban J connectivity index is 1.17. The van der Waals surface area contributed by atoms with Gasteiger partial charge in [-0.2, -0.15) is 0 Å². The normalized spacial score (nSPS) is 32.5. The highest BCUT2D eigenvalue weighted by Gasteiger charge is 2.61. The smallest absolute Gasteiger partial charge is 0.365 e. The lowest BCUT2D eigenvalue weighted by Crippen LogP contribution is -2.54. The number of allylic oxidation sites excluding steroid dienone is 1. The second-order valence-corrected chi connectivity index (χ2v) is 17.0. The van der Waals surface area contributed by atoms with Crippen molar-refractivity contribution in [2.24, 2.45) is 51.5 Å². The van der Waals surface area contributed by atoms with Gasteiger partial charge in [-0.1, -0.05) is 76.2 Å². The number of hydrogen-bond donors (Lipinski definition) is 0. The van der Waals surface area contributed by atoms with E-state index in [2.05, 4.69) is 40.7 Å². The fraction of sp³-hybridized carbons (Fsp3) is 0.595. The van der Waals surface area contributed by atoms with Crippen LogP contribution in [-0.4, -0.2) is 30.5 Å². The van der Waals surface area contributed by atoms with Gasteiger partial charge in [0.2, 0.25) is 6.79 Å². The van der Waals surface area contributed by atoms with Crippen LogP contribution in [0.25, 0.3) is 0 Å². The molecule has 4 aliphatic carbocycles. The summed E-state index contributed by atoms with van der Waals surface area (Å²) in [5.41, 5.74) is 3.17. The maximum Gasteiger partial charge on any atom is 0.365 e. The third kappa shape index (κ3) is 6.60. The Morgan fingerprint density at radius 1 is 0.900 bits per heavy atom. The zero-order chi connectivity index (χ0) is 35.2. The van der Waals surface area contributed by atoms with Gasteiger partial charge in [-0.15, -0.1) is 0 Å². The number of oxime groups is 1. The van der Waals surface area contributed by atoms with E-state index in [4.69, 9.17) is 35.8 Å². The van der Waals surface area contributed by atoms with Crippen LogP contribution >= 0.6 is 11.6 Å². The molecule has 0 N–H and O–H groups in total. The van der Waals surface area contributed by atoms with Crippen LogP contribution < -0.4 is 9.47 Å². The Bertz CT molecular complexity index is 1670. The first-order valence-corrected chi connectivity index (χ1v) is 19.2. The number of fused-ring (bicyclic) bond motifs is 6. The summed E-state index contributed by atoms with van der Waals surface area (Å²) in [7, 11) is 0. The first kappa shape index (κ1) is 35.1. The summed E-state index contributed by atoms with van der Waals surface area (Å²) < 4.78 is 17.0. The van der Waals surface area contributed by atoms with Crippen molar-refractivity contribution in [3.63, 3.8) is 0 Å². The average molecular weight is 702 g/mol. The molecule has 1 heterocycles. The first-order valence-electron chi connectivity index (χ1n) is 18.8. The molecule has 0 unspecified atom stereocenters. The van der Waals surface area contributed by atoms with E-state index in [1.54, 1.807) is 42.5 Å². The molecule has 2 aromatic rings. The molecule has 8 atom stereocenters. The number of rotatable bonds is 9. The van der Waals surface area contributed by atoms with Gasteiger partial charge < -0.3 is 19.0 Å². The van der Waals surface area contributed by atoms with Crippen molar-refractivity contribution < 1.29 is 28.6 Å². The summed E-state index contributed by atoms with van der Waals surface area (Å²) in [5, 5.41) is 5.31. The molecule has 268 valence electrons. The van der Waals surface area contributed by atoms with E-state index in [1.165, 1.54) is 44.1 Å². The van der Waals surface area contributed by atoms with Gasteiger partial charge in [0.1, 0.15) is 6.10 Å². The fourth-order valence-corrected chi connectivity index (χ4v) is 10.7.